The van der Waals surface area contributed by atoms with E-state index in [0.717, 1.165) is 29.9 Å². The largest absolute Gasteiger partial charge is 0.463 e. The molecule has 0 aliphatic carbocycles. The number of ether oxygens (including phenoxy) is 3. The van der Waals surface area contributed by atoms with Gasteiger partial charge in [0.15, 0.2) is 0 Å². The third-order valence-corrected chi connectivity index (χ3v) is 6.48. The maximum Gasteiger partial charge on any atom is 0.409 e. The average molecular weight is 501 g/mol. The summed E-state index contributed by atoms with van der Waals surface area (Å²) >= 11 is 0. The number of benzene rings is 1. The molecule has 1 amide bonds. The first-order chi connectivity index (χ1) is 17.2. The van der Waals surface area contributed by atoms with Crippen molar-refractivity contribution in [2.24, 2.45) is 5.92 Å². The molecule has 0 radical (unpaired) electrons. The Labute approximate surface area is 214 Å². The van der Waals surface area contributed by atoms with E-state index < -0.39 is 0 Å². The van der Waals surface area contributed by atoms with E-state index in [-0.39, 0.29) is 36.6 Å². The molecule has 0 saturated carbocycles. The molecule has 8 nitrogen and oxygen atoms in total. The van der Waals surface area contributed by atoms with Crippen molar-refractivity contribution in [2.45, 2.75) is 65.7 Å². The molecular weight excluding hydrogens is 460 g/mol. The third-order valence-electron chi connectivity index (χ3n) is 6.48. The minimum atomic E-state index is -0.327. The van der Waals surface area contributed by atoms with Crippen LogP contribution in [0, 0.1) is 12.8 Å². The molecular formula is C28H40N2O6. The number of aryl methyl sites for hydroxylation is 1. The molecule has 2 heterocycles. The Morgan fingerprint density at radius 1 is 1.06 bits per heavy atom. The molecule has 3 rings (SSSR count). The van der Waals surface area contributed by atoms with Gasteiger partial charge >= 0.3 is 12.1 Å². The van der Waals surface area contributed by atoms with Crippen LogP contribution in [0.2, 0.25) is 0 Å². The van der Waals surface area contributed by atoms with E-state index in [1.54, 1.807) is 4.90 Å². The Balaban J connectivity index is 1.40. The minimum absolute atomic E-state index is 0.0882. The topological polar surface area (TPSA) is 91.1 Å². The number of carbonyl (C=O) groups excluding carboxylic acids is 2. The van der Waals surface area contributed by atoms with Crippen LogP contribution in [-0.2, 0) is 30.8 Å². The molecule has 2 aromatic rings. The number of oxazole rings is 1. The summed E-state index contributed by atoms with van der Waals surface area (Å²) in [5.41, 5.74) is 3.06. The third kappa shape index (κ3) is 8.08. The Hall–Kier alpha value is -2.87. The van der Waals surface area contributed by atoms with Crippen LogP contribution in [0.4, 0.5) is 4.79 Å². The maximum absolute atomic E-state index is 12.5. The minimum Gasteiger partial charge on any atom is -0.463 e. The van der Waals surface area contributed by atoms with Crippen LogP contribution in [0.25, 0.3) is 11.5 Å². The molecule has 8 heteroatoms. The van der Waals surface area contributed by atoms with Crippen LogP contribution >= 0.6 is 0 Å². The highest BCUT2D eigenvalue weighted by molar-refractivity contribution is 5.70. The van der Waals surface area contributed by atoms with Gasteiger partial charge in [0.2, 0.25) is 5.89 Å². The van der Waals surface area contributed by atoms with Crippen molar-refractivity contribution in [3.05, 3.63) is 41.3 Å². The zero-order chi connectivity index (χ0) is 26.1. The van der Waals surface area contributed by atoms with E-state index in [0.29, 0.717) is 45.0 Å². The second-order valence-electron chi connectivity index (χ2n) is 10.3. The Morgan fingerprint density at radius 2 is 1.75 bits per heavy atom. The summed E-state index contributed by atoms with van der Waals surface area (Å²) in [7, 11) is 0. The smallest absolute Gasteiger partial charge is 0.409 e. The Bertz CT molecular complexity index is 984. The maximum atomic E-state index is 12.5. The highest BCUT2D eigenvalue weighted by Crippen LogP contribution is 2.27. The summed E-state index contributed by atoms with van der Waals surface area (Å²) in [6.45, 7) is 13.0. The van der Waals surface area contributed by atoms with Gasteiger partial charge in [-0.3, -0.25) is 4.79 Å². The van der Waals surface area contributed by atoms with Crippen LogP contribution in [0.1, 0.15) is 64.0 Å². The van der Waals surface area contributed by atoms with E-state index >= 15 is 0 Å². The molecule has 0 N–H and O–H groups in total. The van der Waals surface area contributed by atoms with Gasteiger partial charge in [-0.25, -0.2) is 9.78 Å². The van der Waals surface area contributed by atoms with Gasteiger partial charge in [-0.1, -0.05) is 32.9 Å². The number of hydrogen-bond acceptors (Lipinski definition) is 7. The van der Waals surface area contributed by atoms with Gasteiger partial charge < -0.3 is 23.5 Å². The molecule has 1 aliphatic heterocycles. The number of nitrogens with zero attached hydrogens (tertiary/aromatic N) is 2. The first kappa shape index (κ1) is 27.7. The molecule has 1 fully saturated rings. The summed E-state index contributed by atoms with van der Waals surface area (Å²) in [4.78, 5) is 30.8. The summed E-state index contributed by atoms with van der Waals surface area (Å²) < 4.78 is 21.7. The molecule has 36 heavy (non-hydrogen) atoms. The lowest BCUT2D eigenvalue weighted by Crippen LogP contribution is -2.39. The normalized spacial score (nSPS) is 14.6. The summed E-state index contributed by atoms with van der Waals surface area (Å²) in [6.07, 6.45) is 2.06. The number of carbonyl (C=O) groups is 2. The highest BCUT2D eigenvalue weighted by atomic mass is 16.6. The van der Waals surface area contributed by atoms with Crippen LogP contribution in [0.3, 0.4) is 0 Å². The van der Waals surface area contributed by atoms with Crippen LogP contribution in [-0.4, -0.2) is 61.5 Å². The second-order valence-corrected chi connectivity index (χ2v) is 10.3. The average Bonchev–Trinajstić information content (AvgIpc) is 3.22. The van der Waals surface area contributed by atoms with E-state index in [4.69, 9.17) is 18.6 Å². The van der Waals surface area contributed by atoms with Gasteiger partial charge in [0.25, 0.3) is 0 Å². The number of likely N-dealkylation sites (tertiary alicyclic amines) is 1. The van der Waals surface area contributed by atoms with Crippen molar-refractivity contribution in [2.75, 3.05) is 39.5 Å². The molecule has 1 aromatic carbocycles. The molecule has 198 valence electrons. The van der Waals surface area contributed by atoms with Crippen molar-refractivity contribution in [1.29, 1.82) is 0 Å². The van der Waals surface area contributed by atoms with Crippen molar-refractivity contribution in [3.63, 3.8) is 0 Å². The Morgan fingerprint density at radius 3 is 2.39 bits per heavy atom. The quantitative estimate of drug-likeness (QED) is 0.323. The van der Waals surface area contributed by atoms with Crippen LogP contribution < -0.4 is 0 Å². The van der Waals surface area contributed by atoms with Gasteiger partial charge in [0.1, 0.15) is 12.4 Å². The number of aromatic nitrogens is 1. The number of amides is 1. The van der Waals surface area contributed by atoms with Crippen molar-refractivity contribution >= 4 is 12.1 Å². The van der Waals surface area contributed by atoms with Crippen LogP contribution in [0.15, 0.2) is 28.7 Å². The first-order valence-electron chi connectivity index (χ1n) is 12.9. The summed E-state index contributed by atoms with van der Waals surface area (Å²) in [6, 6.07) is 8.26. The zero-order valence-electron chi connectivity index (χ0n) is 22.3. The molecule has 1 aliphatic rings. The first-order valence-corrected chi connectivity index (χ1v) is 12.9. The highest BCUT2D eigenvalue weighted by Gasteiger charge is 2.26. The fraction of sp³-hybridized carbons (Fsp3) is 0.607. The van der Waals surface area contributed by atoms with Crippen molar-refractivity contribution in [3.8, 4) is 11.5 Å². The molecule has 1 saturated heterocycles. The van der Waals surface area contributed by atoms with Gasteiger partial charge in [0.05, 0.1) is 18.9 Å². The zero-order valence-corrected chi connectivity index (χ0v) is 22.3. The molecule has 1 aromatic heterocycles. The standard InChI is InChI=1S/C28H40N2O6/c1-6-33-17-18-34-25(31)19-21-11-14-30(15-12-21)27(32)35-16-13-24-20(2)36-26(29-24)22-7-9-23(10-8-22)28(3,4)5/h7-10,21H,6,11-19H2,1-5H3. The number of piperidine rings is 1. The molecule has 0 unspecified atom stereocenters. The number of rotatable bonds is 10. The molecule has 0 spiro atoms. The van der Waals surface area contributed by atoms with E-state index in [1.807, 2.05) is 26.0 Å². The van der Waals surface area contributed by atoms with Gasteiger partial charge in [0, 0.05) is 38.1 Å². The van der Waals surface area contributed by atoms with Crippen molar-refractivity contribution in [1.82, 2.24) is 9.88 Å². The summed E-state index contributed by atoms with van der Waals surface area (Å²) in [5.74, 6) is 1.33. The van der Waals surface area contributed by atoms with E-state index in [1.165, 1.54) is 5.56 Å². The fourth-order valence-electron chi connectivity index (χ4n) is 4.20. The molecule has 0 atom stereocenters. The van der Waals surface area contributed by atoms with Crippen molar-refractivity contribution < 1.29 is 28.2 Å². The number of hydrogen-bond donors (Lipinski definition) is 0. The predicted molar refractivity (Wildman–Crippen MR) is 137 cm³/mol. The SMILES string of the molecule is CCOCCOC(=O)CC1CCN(C(=O)OCCc2nc(-c3ccc(C(C)(C)C)cc3)oc2C)CC1. The monoisotopic (exact) mass is 500 g/mol. The predicted octanol–water partition coefficient (Wildman–Crippen LogP) is 5.31. The lowest BCUT2D eigenvalue weighted by atomic mass is 9.87. The fourth-order valence-corrected chi connectivity index (χ4v) is 4.20. The Kier molecular flexibility index (Phi) is 9.93. The van der Waals surface area contributed by atoms with E-state index in [2.05, 4.69) is 37.9 Å². The van der Waals surface area contributed by atoms with Gasteiger partial charge in [-0.2, -0.15) is 0 Å². The van der Waals surface area contributed by atoms with Crippen LogP contribution in [0.5, 0.6) is 0 Å². The second kappa shape index (κ2) is 12.9. The number of esters is 1. The van der Waals surface area contributed by atoms with Gasteiger partial charge in [-0.05, 0) is 55.7 Å². The summed E-state index contributed by atoms with van der Waals surface area (Å²) in [5, 5.41) is 0. The lowest BCUT2D eigenvalue weighted by molar-refractivity contribution is -0.146. The molecule has 0 bridgehead atoms. The van der Waals surface area contributed by atoms with Gasteiger partial charge in [-0.15, -0.1) is 0 Å². The van der Waals surface area contributed by atoms with E-state index in [9.17, 15) is 9.59 Å². The lowest BCUT2D eigenvalue weighted by Gasteiger charge is -2.30.